The summed E-state index contributed by atoms with van der Waals surface area (Å²) >= 11 is 0. The van der Waals surface area contributed by atoms with Crippen LogP contribution < -0.4 is 10.2 Å². The molecule has 3 N–H and O–H groups in total. The third-order valence-electron chi connectivity index (χ3n) is 8.22. The molecule has 4 aliphatic heterocycles. The number of hydrogen-bond acceptors (Lipinski definition) is 10. The van der Waals surface area contributed by atoms with Gasteiger partial charge in [0.25, 0.3) is 10.2 Å². The second kappa shape index (κ2) is 10.0. The van der Waals surface area contributed by atoms with Gasteiger partial charge in [0.15, 0.2) is 5.82 Å². The van der Waals surface area contributed by atoms with E-state index in [9.17, 15) is 13.5 Å². The van der Waals surface area contributed by atoms with E-state index < -0.39 is 10.2 Å². The Morgan fingerprint density at radius 1 is 1.21 bits per heavy atom. The van der Waals surface area contributed by atoms with Crippen LogP contribution in [0, 0.1) is 17.2 Å². The first kappa shape index (κ1) is 25.4. The molecule has 13 nitrogen and oxygen atoms in total. The Labute approximate surface area is 222 Å². The third kappa shape index (κ3) is 4.62. The number of fused-ring (bicyclic) bond motifs is 2. The molecule has 6 heterocycles. The van der Waals surface area contributed by atoms with Crippen LogP contribution in [0.1, 0.15) is 49.4 Å². The van der Waals surface area contributed by atoms with E-state index in [2.05, 4.69) is 26.5 Å². The second-order valence-electron chi connectivity index (χ2n) is 10.7. The number of aromatic nitrogens is 4. The Morgan fingerprint density at radius 3 is 2.55 bits per heavy atom. The van der Waals surface area contributed by atoms with Gasteiger partial charge in [0, 0.05) is 56.3 Å². The second-order valence-corrected chi connectivity index (χ2v) is 12.6. The predicted octanol–water partition coefficient (Wildman–Crippen LogP) is 1.07. The number of ether oxygens (including phenoxy) is 1. The van der Waals surface area contributed by atoms with Crippen molar-refractivity contribution in [2.45, 2.75) is 62.8 Å². The number of nitrogens with zero attached hydrogens (tertiary/aromatic N) is 7. The topological polar surface area (TPSA) is 164 Å². The van der Waals surface area contributed by atoms with Crippen molar-refractivity contribution in [3.8, 4) is 6.07 Å². The molecule has 4 saturated heterocycles. The first-order valence-electron chi connectivity index (χ1n) is 13.2. The van der Waals surface area contributed by atoms with Crippen LogP contribution in [-0.2, 0) is 21.6 Å². The van der Waals surface area contributed by atoms with Crippen LogP contribution in [0.5, 0.6) is 0 Å². The van der Waals surface area contributed by atoms with Crippen molar-refractivity contribution in [1.82, 2.24) is 28.8 Å². The van der Waals surface area contributed by atoms with Gasteiger partial charge < -0.3 is 20.1 Å². The minimum absolute atomic E-state index is 0.0807. The Hall–Kier alpha value is -2.83. The number of rotatable bonds is 8. The molecule has 14 heteroatoms. The molecule has 2 aromatic rings. The van der Waals surface area contributed by atoms with E-state index in [-0.39, 0.29) is 49.7 Å². The summed E-state index contributed by atoms with van der Waals surface area (Å²) in [5, 5.41) is 28.6. The summed E-state index contributed by atoms with van der Waals surface area (Å²) in [4.78, 5) is 11.8. The summed E-state index contributed by atoms with van der Waals surface area (Å²) in [7, 11) is -1.60. The number of aliphatic hydroxyl groups is 1. The molecule has 204 valence electrons. The smallest absolute Gasteiger partial charge is 0.282 e. The fraction of sp³-hybridized carbons (Fsp3) is 0.667. The fourth-order valence-electron chi connectivity index (χ4n) is 5.94. The van der Waals surface area contributed by atoms with Crippen LogP contribution in [-0.4, -0.2) is 93.8 Å². The molecule has 6 rings (SSSR count). The lowest BCUT2D eigenvalue weighted by atomic mass is 9.83. The first-order chi connectivity index (χ1) is 18.4. The number of aliphatic hydroxyl groups excluding tert-OH is 1. The van der Waals surface area contributed by atoms with Crippen molar-refractivity contribution in [2.75, 3.05) is 43.6 Å². The molecule has 0 amide bonds. The largest absolute Gasteiger partial charge is 0.390 e. The molecule has 0 aliphatic carbocycles. The highest BCUT2D eigenvalue weighted by Crippen LogP contribution is 2.40. The number of piperidine rings is 2. The number of nitrogens with one attached hydrogen (secondary N) is 2. The van der Waals surface area contributed by atoms with Crippen LogP contribution >= 0.6 is 0 Å². The van der Waals surface area contributed by atoms with Gasteiger partial charge in [-0.3, -0.25) is 5.10 Å². The maximum absolute atomic E-state index is 13.5. The van der Waals surface area contributed by atoms with Gasteiger partial charge in [-0.2, -0.15) is 32.4 Å². The Morgan fingerprint density at radius 2 is 1.95 bits per heavy atom. The van der Waals surface area contributed by atoms with Crippen LogP contribution in [0.15, 0.2) is 12.1 Å². The van der Waals surface area contributed by atoms with Gasteiger partial charge in [0.1, 0.15) is 5.82 Å². The van der Waals surface area contributed by atoms with E-state index in [4.69, 9.17) is 20.0 Å². The van der Waals surface area contributed by atoms with Crippen LogP contribution in [0.4, 0.5) is 17.6 Å². The number of anilines is 3. The summed E-state index contributed by atoms with van der Waals surface area (Å²) in [5.74, 6) is 1.71. The molecule has 2 aromatic heterocycles. The van der Waals surface area contributed by atoms with Gasteiger partial charge in [-0.05, 0) is 25.7 Å². The zero-order chi connectivity index (χ0) is 26.4. The molecule has 3 atom stereocenters. The lowest BCUT2D eigenvalue weighted by molar-refractivity contribution is 0.00672. The van der Waals surface area contributed by atoms with Crippen LogP contribution in [0.25, 0.3) is 0 Å². The lowest BCUT2D eigenvalue weighted by Crippen LogP contribution is -2.64. The zero-order valence-electron chi connectivity index (χ0n) is 21.3. The maximum atomic E-state index is 13.5. The number of H-pyrrole nitrogens is 1. The molecule has 0 saturated carbocycles. The molecule has 4 fully saturated rings. The number of aromatic amines is 1. The highest BCUT2D eigenvalue weighted by molar-refractivity contribution is 7.86. The third-order valence-corrected chi connectivity index (χ3v) is 10.3. The monoisotopic (exact) mass is 543 g/mol. The Balaban J connectivity index is 1.22. The van der Waals surface area contributed by atoms with E-state index in [1.807, 2.05) is 13.1 Å². The van der Waals surface area contributed by atoms with Crippen molar-refractivity contribution in [2.24, 2.45) is 5.92 Å². The number of hydrogen-bond donors (Lipinski definition) is 3. The summed E-state index contributed by atoms with van der Waals surface area (Å²) in [6.07, 6.45) is 4.07. The normalized spacial score (nSPS) is 26.8. The SMILES string of the molecule is CN(c1nc(Nc2cc(CO)[nH]n2)cc(C2COC2)n1)C1C[C@H]2CCC[C@@H](C1)N2S(=O)(=O)N1CC(C#N)C1. The minimum atomic E-state index is -3.58. The molecular weight excluding hydrogens is 510 g/mol. The molecular formula is C24H33N9O4S. The average molecular weight is 544 g/mol. The van der Waals surface area contributed by atoms with Gasteiger partial charge in [0.2, 0.25) is 5.95 Å². The maximum Gasteiger partial charge on any atom is 0.282 e. The van der Waals surface area contributed by atoms with Crippen molar-refractivity contribution in [3.63, 3.8) is 0 Å². The van der Waals surface area contributed by atoms with E-state index in [0.29, 0.717) is 49.3 Å². The highest BCUT2D eigenvalue weighted by atomic mass is 32.2. The molecule has 0 aromatic carbocycles. The van der Waals surface area contributed by atoms with E-state index in [1.54, 1.807) is 10.4 Å². The van der Waals surface area contributed by atoms with Crippen molar-refractivity contribution < 1.29 is 18.3 Å². The molecule has 2 bridgehead atoms. The van der Waals surface area contributed by atoms with Gasteiger partial charge in [-0.15, -0.1) is 0 Å². The molecule has 1 unspecified atom stereocenters. The summed E-state index contributed by atoms with van der Waals surface area (Å²) in [6, 6.07) is 5.73. The molecule has 0 spiro atoms. The summed E-state index contributed by atoms with van der Waals surface area (Å²) in [5.41, 5.74) is 1.49. The van der Waals surface area contributed by atoms with Gasteiger partial charge >= 0.3 is 0 Å². The predicted molar refractivity (Wildman–Crippen MR) is 138 cm³/mol. The Bertz CT molecular complexity index is 1300. The zero-order valence-corrected chi connectivity index (χ0v) is 22.1. The minimum Gasteiger partial charge on any atom is -0.390 e. The molecule has 38 heavy (non-hydrogen) atoms. The molecule has 4 aliphatic rings. The lowest BCUT2D eigenvalue weighted by Gasteiger charge is -2.51. The van der Waals surface area contributed by atoms with Crippen molar-refractivity contribution in [1.29, 1.82) is 5.26 Å². The standard InChI is InChI=1S/C24H33N9O4S/c1-31(20-6-18-3-2-4-19(7-20)33(18)38(35,36)32-10-15(9-25)11-32)24-26-21(16-13-37-14-16)8-22(28-24)27-23-5-17(12-34)29-30-23/h5,8,15-16,18-20,34H,2-4,6-7,10-14H2,1H3,(H2,26,27,28,29,30)/t18-,19+,20?. The Kier molecular flexibility index (Phi) is 6.73. The average Bonchev–Trinajstić information content (AvgIpc) is 3.28. The highest BCUT2D eigenvalue weighted by Gasteiger charge is 2.50. The van der Waals surface area contributed by atoms with Crippen LogP contribution in [0.3, 0.4) is 0 Å². The van der Waals surface area contributed by atoms with Crippen molar-refractivity contribution in [3.05, 3.63) is 23.5 Å². The van der Waals surface area contributed by atoms with Gasteiger partial charge in [-0.1, -0.05) is 6.42 Å². The van der Waals surface area contributed by atoms with Gasteiger partial charge in [-0.25, -0.2) is 4.98 Å². The number of nitriles is 1. The van der Waals surface area contributed by atoms with E-state index >= 15 is 0 Å². The summed E-state index contributed by atoms with van der Waals surface area (Å²) < 4.78 is 35.5. The van der Waals surface area contributed by atoms with E-state index in [0.717, 1.165) is 25.0 Å². The van der Waals surface area contributed by atoms with Crippen LogP contribution in [0.2, 0.25) is 0 Å². The van der Waals surface area contributed by atoms with E-state index in [1.165, 1.54) is 4.31 Å². The molecule has 0 radical (unpaired) electrons. The first-order valence-corrected chi connectivity index (χ1v) is 14.6. The van der Waals surface area contributed by atoms with Crippen molar-refractivity contribution >= 4 is 27.8 Å². The van der Waals surface area contributed by atoms with Gasteiger partial charge in [0.05, 0.1) is 43.2 Å². The summed E-state index contributed by atoms with van der Waals surface area (Å²) in [6.45, 7) is 1.66. The fourth-order valence-corrected chi connectivity index (χ4v) is 8.08. The quantitative estimate of drug-likeness (QED) is 0.439.